The van der Waals surface area contributed by atoms with Crippen LogP contribution in [0, 0.1) is 0 Å². The van der Waals surface area contributed by atoms with Gasteiger partial charge in [-0.3, -0.25) is 14.7 Å². The smallest absolute Gasteiger partial charge is 0.410 e. The lowest BCUT2D eigenvalue weighted by Crippen LogP contribution is -2.57. The second-order valence-electron chi connectivity index (χ2n) is 9.88. The largest absolute Gasteiger partial charge is 0.481 e. The van der Waals surface area contributed by atoms with E-state index in [1.54, 1.807) is 4.90 Å². The molecule has 5 rings (SSSR count). The van der Waals surface area contributed by atoms with Crippen molar-refractivity contribution in [3.8, 4) is 0 Å². The normalized spacial score (nSPS) is 23.2. The van der Waals surface area contributed by atoms with Gasteiger partial charge in [0.05, 0.1) is 24.2 Å². The number of carbonyl (C=O) groups is 2. The topological polar surface area (TPSA) is 83.0 Å². The van der Waals surface area contributed by atoms with E-state index in [9.17, 15) is 14.7 Å². The number of hydrogen-bond acceptors (Lipinski definition) is 5. The van der Waals surface area contributed by atoms with E-state index in [0.717, 1.165) is 48.7 Å². The number of piperazine rings is 1. The zero-order valence-corrected chi connectivity index (χ0v) is 21.5. The Balaban J connectivity index is 1.43. The Hall–Kier alpha value is -2.45. The fourth-order valence-corrected chi connectivity index (χ4v) is 6.26. The van der Waals surface area contributed by atoms with Crippen LogP contribution in [0.3, 0.4) is 0 Å². The molecule has 1 unspecified atom stereocenters. The number of amides is 1. The molecule has 2 aromatic rings. The first-order valence-electron chi connectivity index (χ1n) is 12.6. The van der Waals surface area contributed by atoms with E-state index in [0.29, 0.717) is 19.6 Å². The molecule has 1 aliphatic heterocycles. The molecule has 2 heterocycles. The summed E-state index contributed by atoms with van der Waals surface area (Å²) in [7, 11) is 0. The first-order chi connectivity index (χ1) is 17.0. The minimum absolute atomic E-state index is 0.0528. The fraction of sp³-hybridized carbons (Fsp3) is 0.519. The number of carbonyl (C=O) groups excluding carboxylic acids is 1. The number of aromatic nitrogens is 1. The fourth-order valence-electron chi connectivity index (χ4n) is 5.88. The van der Waals surface area contributed by atoms with Gasteiger partial charge in [0.2, 0.25) is 0 Å². The van der Waals surface area contributed by atoms with Crippen molar-refractivity contribution < 1.29 is 19.4 Å². The van der Waals surface area contributed by atoms with Crippen LogP contribution in [0.1, 0.15) is 67.0 Å². The Labute approximate surface area is 214 Å². The van der Waals surface area contributed by atoms with Gasteiger partial charge in [0, 0.05) is 30.3 Å². The molecule has 2 atom stereocenters. The molecule has 1 aromatic carbocycles. The van der Waals surface area contributed by atoms with E-state index in [1.165, 1.54) is 23.1 Å². The van der Waals surface area contributed by atoms with Crippen molar-refractivity contribution in [1.82, 2.24) is 14.8 Å². The maximum atomic E-state index is 13.1. The van der Waals surface area contributed by atoms with Gasteiger partial charge in [0.15, 0.2) is 0 Å². The number of hydrogen-bond donors (Lipinski definition) is 1. The van der Waals surface area contributed by atoms with Gasteiger partial charge in [-0.05, 0) is 77.2 Å². The van der Waals surface area contributed by atoms with Gasteiger partial charge in [0.1, 0.15) is 6.10 Å². The highest BCUT2D eigenvalue weighted by Gasteiger charge is 2.39. The molecule has 2 aliphatic carbocycles. The number of rotatable bonds is 4. The molecule has 186 valence electrons. The summed E-state index contributed by atoms with van der Waals surface area (Å²) in [6.07, 6.45) is 8.28. The molecular formula is C27H32BrN3O4. The molecule has 1 aromatic heterocycles. The summed E-state index contributed by atoms with van der Waals surface area (Å²) in [6, 6.07) is 10.1. The summed E-state index contributed by atoms with van der Waals surface area (Å²) in [4.78, 5) is 33.7. The molecule has 1 N–H and O–H groups in total. The van der Waals surface area contributed by atoms with E-state index in [-0.39, 0.29) is 24.7 Å². The Bertz CT molecular complexity index is 1090. The van der Waals surface area contributed by atoms with Gasteiger partial charge in [-0.2, -0.15) is 0 Å². The number of benzene rings is 1. The second-order valence-corrected chi connectivity index (χ2v) is 10.8. The minimum Gasteiger partial charge on any atom is -0.481 e. The second kappa shape index (κ2) is 10.7. The quantitative estimate of drug-likeness (QED) is 0.588. The summed E-state index contributed by atoms with van der Waals surface area (Å²) >= 11 is 3.57. The molecule has 0 radical (unpaired) electrons. The van der Waals surface area contributed by atoms with Crippen LogP contribution < -0.4 is 0 Å². The molecular weight excluding hydrogens is 510 g/mol. The van der Waals surface area contributed by atoms with Crippen LogP contribution in [0.2, 0.25) is 0 Å². The van der Waals surface area contributed by atoms with Crippen molar-refractivity contribution in [3.63, 3.8) is 0 Å². The number of aliphatic carboxylic acids is 1. The van der Waals surface area contributed by atoms with E-state index < -0.39 is 12.0 Å². The summed E-state index contributed by atoms with van der Waals surface area (Å²) in [5, 5.41) is 9.66. The molecule has 3 aliphatic rings. The molecule has 7 nitrogen and oxygen atoms in total. The number of aryl methyl sites for hydroxylation is 2. The van der Waals surface area contributed by atoms with Crippen LogP contribution in [0.5, 0.6) is 0 Å². The average Bonchev–Trinajstić information content (AvgIpc) is 3.01. The van der Waals surface area contributed by atoms with Crippen LogP contribution in [0.15, 0.2) is 41.0 Å². The minimum atomic E-state index is -0.906. The Morgan fingerprint density at radius 2 is 1.86 bits per heavy atom. The third-order valence-electron chi connectivity index (χ3n) is 7.58. The molecule has 0 spiro atoms. The van der Waals surface area contributed by atoms with Gasteiger partial charge >= 0.3 is 12.1 Å². The molecule has 1 amide bonds. The predicted octanol–water partition coefficient (Wildman–Crippen LogP) is 4.96. The lowest BCUT2D eigenvalue weighted by molar-refractivity contribution is -0.139. The van der Waals surface area contributed by atoms with Crippen molar-refractivity contribution in [2.24, 2.45) is 0 Å². The third kappa shape index (κ3) is 5.38. The summed E-state index contributed by atoms with van der Waals surface area (Å²) < 4.78 is 6.79. The Morgan fingerprint density at radius 1 is 1.09 bits per heavy atom. The van der Waals surface area contributed by atoms with Crippen molar-refractivity contribution in [2.75, 3.05) is 19.6 Å². The lowest BCUT2D eigenvalue weighted by Gasteiger charge is -2.44. The number of fused-ring (bicyclic) bond motifs is 2. The van der Waals surface area contributed by atoms with E-state index >= 15 is 0 Å². The van der Waals surface area contributed by atoms with Crippen LogP contribution in [0.25, 0.3) is 0 Å². The van der Waals surface area contributed by atoms with Crippen LogP contribution in [-0.2, 0) is 22.4 Å². The molecule has 8 heteroatoms. The number of pyridine rings is 1. The average molecular weight is 542 g/mol. The number of ether oxygens (including phenoxy) is 1. The summed E-state index contributed by atoms with van der Waals surface area (Å²) in [5.74, 6) is -0.906. The van der Waals surface area contributed by atoms with E-state index in [2.05, 4.69) is 51.2 Å². The number of carboxylic acid groups (broad SMARTS) is 1. The van der Waals surface area contributed by atoms with Crippen LogP contribution in [0.4, 0.5) is 4.79 Å². The first kappa shape index (κ1) is 24.3. The summed E-state index contributed by atoms with van der Waals surface area (Å²) in [5.41, 5.74) is 4.73. The number of nitrogens with zero attached hydrogens (tertiary/aromatic N) is 3. The van der Waals surface area contributed by atoms with Gasteiger partial charge < -0.3 is 14.7 Å². The Kier molecular flexibility index (Phi) is 7.39. The maximum Gasteiger partial charge on any atom is 0.410 e. The monoisotopic (exact) mass is 541 g/mol. The predicted molar refractivity (Wildman–Crippen MR) is 135 cm³/mol. The maximum absolute atomic E-state index is 13.1. The number of carboxylic acids is 1. The zero-order valence-electron chi connectivity index (χ0n) is 19.9. The van der Waals surface area contributed by atoms with E-state index in [1.807, 2.05) is 6.20 Å². The van der Waals surface area contributed by atoms with E-state index in [4.69, 9.17) is 9.72 Å². The molecule has 0 bridgehead atoms. The van der Waals surface area contributed by atoms with Crippen LogP contribution in [-0.4, -0.2) is 63.7 Å². The van der Waals surface area contributed by atoms with Crippen molar-refractivity contribution in [1.29, 1.82) is 0 Å². The molecule has 35 heavy (non-hydrogen) atoms. The molecule has 1 saturated heterocycles. The van der Waals surface area contributed by atoms with Crippen molar-refractivity contribution >= 4 is 28.0 Å². The van der Waals surface area contributed by atoms with Gasteiger partial charge in [-0.1, -0.05) is 30.7 Å². The van der Waals surface area contributed by atoms with Gasteiger partial charge in [-0.25, -0.2) is 4.79 Å². The molecule has 1 saturated carbocycles. The standard InChI is InChI=1S/C27H32BrN3O4/c28-20-14-19-11-10-18-6-4-5-9-23(18)26(25(19)29-16-20)30-12-13-31(21(17-30)15-24(32)33)27(34)35-22-7-2-1-3-8-22/h4-6,9,14,16,21-22,26H,1-3,7-8,10-13,15,17H2,(H,32,33)/t21-,26?/m0/s1. The van der Waals surface area contributed by atoms with Crippen LogP contribution >= 0.6 is 15.9 Å². The van der Waals surface area contributed by atoms with Gasteiger partial charge in [0.25, 0.3) is 0 Å². The van der Waals surface area contributed by atoms with Crippen molar-refractivity contribution in [2.45, 2.75) is 69.6 Å². The highest BCUT2D eigenvalue weighted by Crippen LogP contribution is 2.38. The zero-order chi connectivity index (χ0) is 24.4. The third-order valence-corrected chi connectivity index (χ3v) is 8.02. The Morgan fingerprint density at radius 3 is 2.66 bits per heavy atom. The summed E-state index contributed by atoms with van der Waals surface area (Å²) in [6.45, 7) is 1.53. The highest BCUT2D eigenvalue weighted by atomic mass is 79.9. The molecule has 2 fully saturated rings. The van der Waals surface area contributed by atoms with Crippen molar-refractivity contribution in [3.05, 3.63) is 63.4 Å². The lowest BCUT2D eigenvalue weighted by atomic mass is 9.95. The highest BCUT2D eigenvalue weighted by molar-refractivity contribution is 9.10. The SMILES string of the molecule is O=C(O)C[C@H]1CN(C2c3ccccc3CCc3cc(Br)cnc32)CCN1C(=O)OC1CCCCC1. The number of halogens is 1. The first-order valence-corrected chi connectivity index (χ1v) is 13.4. The van der Waals surface area contributed by atoms with Gasteiger partial charge in [-0.15, -0.1) is 0 Å².